The van der Waals surface area contributed by atoms with Gasteiger partial charge in [-0.15, -0.1) is 11.3 Å². The summed E-state index contributed by atoms with van der Waals surface area (Å²) in [5.74, 6) is 0.0735. The lowest BCUT2D eigenvalue weighted by atomic mass is 10.2. The number of anilines is 1. The monoisotopic (exact) mass is 458 g/mol. The van der Waals surface area contributed by atoms with Gasteiger partial charge in [0.25, 0.3) is 0 Å². The second-order valence-corrected chi connectivity index (χ2v) is 9.68. The third-order valence-corrected chi connectivity index (χ3v) is 6.92. The predicted octanol–water partition coefficient (Wildman–Crippen LogP) is 3.63. The van der Waals surface area contributed by atoms with Gasteiger partial charge in [-0.1, -0.05) is 12.1 Å². The Labute approximate surface area is 185 Å². The molecule has 7 nitrogen and oxygen atoms in total. The van der Waals surface area contributed by atoms with Crippen LogP contribution in [0.25, 0.3) is 17.3 Å². The van der Waals surface area contributed by atoms with Gasteiger partial charge in [0, 0.05) is 17.0 Å². The second-order valence-electron chi connectivity index (χ2n) is 6.79. The number of thiazole rings is 1. The normalized spacial score (nSPS) is 12.6. The lowest BCUT2D eigenvalue weighted by Crippen LogP contribution is -2.17. The Morgan fingerprint density at radius 1 is 1.19 bits per heavy atom. The summed E-state index contributed by atoms with van der Waals surface area (Å²) < 4.78 is 29.4. The highest BCUT2D eigenvalue weighted by molar-refractivity contribution is 7.91. The lowest BCUT2D eigenvalue weighted by molar-refractivity contribution is -0.111. The molecule has 0 saturated heterocycles. The van der Waals surface area contributed by atoms with Crippen LogP contribution in [0.15, 0.2) is 64.9 Å². The molecule has 0 aliphatic heterocycles. The molecule has 1 aromatic heterocycles. The molecule has 0 fully saturated rings. The number of aliphatic hydroxyl groups is 1. The summed E-state index contributed by atoms with van der Waals surface area (Å²) >= 11 is 1.32. The van der Waals surface area contributed by atoms with Crippen LogP contribution in [-0.2, 0) is 14.6 Å². The summed E-state index contributed by atoms with van der Waals surface area (Å²) in [5, 5.41) is 14.4. The number of sulfone groups is 1. The van der Waals surface area contributed by atoms with Crippen molar-refractivity contribution in [3.8, 4) is 17.0 Å². The van der Waals surface area contributed by atoms with Crippen molar-refractivity contribution >= 4 is 38.3 Å². The van der Waals surface area contributed by atoms with Crippen molar-refractivity contribution in [2.75, 3.05) is 18.2 Å². The maximum atomic E-state index is 12.2. The highest BCUT2D eigenvalue weighted by atomic mass is 32.2. The molecule has 1 unspecified atom stereocenters. The number of rotatable bonds is 8. The number of nitrogens with zero attached hydrogens (tertiary/aromatic N) is 1. The van der Waals surface area contributed by atoms with E-state index in [0.717, 1.165) is 17.0 Å². The van der Waals surface area contributed by atoms with Gasteiger partial charge in [0.1, 0.15) is 5.75 Å². The van der Waals surface area contributed by atoms with Gasteiger partial charge in [0.15, 0.2) is 15.0 Å². The van der Waals surface area contributed by atoms with Crippen LogP contribution in [0.5, 0.6) is 5.75 Å². The van der Waals surface area contributed by atoms with E-state index in [1.165, 1.54) is 36.5 Å². The third kappa shape index (κ3) is 6.24. The Hall–Kier alpha value is -3.01. The smallest absolute Gasteiger partial charge is 0.250 e. The molecule has 3 aromatic rings. The molecule has 0 bridgehead atoms. The zero-order valence-electron chi connectivity index (χ0n) is 17.0. The first-order valence-electron chi connectivity index (χ1n) is 9.37. The Kier molecular flexibility index (Phi) is 7.21. The Balaban J connectivity index is 1.61. The van der Waals surface area contributed by atoms with Crippen molar-refractivity contribution in [1.82, 2.24) is 4.98 Å². The molecular formula is C22H22N2O5S2. The molecular weight excluding hydrogens is 436 g/mol. The minimum Gasteiger partial charge on any atom is -0.497 e. The Bertz CT molecular complexity index is 1170. The number of aromatic nitrogens is 1. The molecule has 2 N–H and O–H groups in total. The zero-order chi connectivity index (χ0) is 22.4. The lowest BCUT2D eigenvalue weighted by Gasteiger charge is -2.06. The third-order valence-electron chi connectivity index (χ3n) is 4.25. The van der Waals surface area contributed by atoms with Gasteiger partial charge in [0.05, 0.1) is 29.6 Å². The van der Waals surface area contributed by atoms with Crippen molar-refractivity contribution in [3.05, 3.63) is 65.6 Å². The second kappa shape index (κ2) is 9.86. The maximum absolute atomic E-state index is 12.2. The summed E-state index contributed by atoms with van der Waals surface area (Å²) in [6.07, 6.45) is 2.00. The minimum atomic E-state index is -3.54. The quantitative estimate of drug-likeness (QED) is 0.500. The van der Waals surface area contributed by atoms with Crippen LogP contribution in [0.2, 0.25) is 0 Å². The number of carbonyl (C=O) groups is 1. The molecule has 0 saturated carbocycles. The van der Waals surface area contributed by atoms with Crippen molar-refractivity contribution in [2.45, 2.75) is 17.9 Å². The topological polar surface area (TPSA) is 106 Å². The molecule has 3 rings (SSSR count). The average molecular weight is 459 g/mol. The van der Waals surface area contributed by atoms with Gasteiger partial charge < -0.3 is 9.84 Å². The van der Waals surface area contributed by atoms with Crippen LogP contribution >= 0.6 is 11.3 Å². The zero-order valence-corrected chi connectivity index (χ0v) is 18.6. The summed E-state index contributed by atoms with van der Waals surface area (Å²) in [4.78, 5) is 16.7. The Morgan fingerprint density at radius 2 is 1.87 bits per heavy atom. The molecule has 2 aromatic carbocycles. The average Bonchev–Trinajstić information content (AvgIpc) is 3.20. The molecule has 31 heavy (non-hydrogen) atoms. The van der Waals surface area contributed by atoms with Crippen LogP contribution in [0.4, 0.5) is 5.13 Å². The highest BCUT2D eigenvalue weighted by Crippen LogP contribution is 2.26. The first kappa shape index (κ1) is 22.7. The molecule has 9 heteroatoms. The molecule has 1 amide bonds. The minimum absolute atomic E-state index is 0.129. The SMILES string of the molecule is COc1ccc(-c2csc(NC(=O)/C=C/c3ccc(S(=O)(=O)CC(C)O)cc3)n2)cc1. The first-order valence-corrected chi connectivity index (χ1v) is 11.9. The van der Waals surface area contributed by atoms with Crippen molar-refractivity contribution in [2.24, 2.45) is 0 Å². The molecule has 162 valence electrons. The number of nitrogens with one attached hydrogen (secondary N) is 1. The van der Waals surface area contributed by atoms with E-state index in [-0.39, 0.29) is 16.6 Å². The first-order chi connectivity index (χ1) is 14.8. The molecule has 0 radical (unpaired) electrons. The van der Waals surface area contributed by atoms with E-state index in [1.54, 1.807) is 25.3 Å². The largest absolute Gasteiger partial charge is 0.497 e. The number of carbonyl (C=O) groups excluding carboxylic acids is 1. The van der Waals surface area contributed by atoms with E-state index in [2.05, 4.69) is 10.3 Å². The number of hydrogen-bond donors (Lipinski definition) is 2. The van der Waals surface area contributed by atoms with E-state index >= 15 is 0 Å². The number of benzene rings is 2. The molecule has 0 aliphatic rings. The van der Waals surface area contributed by atoms with E-state index in [0.29, 0.717) is 10.7 Å². The maximum Gasteiger partial charge on any atom is 0.250 e. The summed E-state index contributed by atoms with van der Waals surface area (Å²) in [5.41, 5.74) is 2.34. The van der Waals surface area contributed by atoms with E-state index in [4.69, 9.17) is 4.74 Å². The number of methoxy groups -OCH3 is 1. The van der Waals surface area contributed by atoms with Gasteiger partial charge in [-0.3, -0.25) is 10.1 Å². The fourth-order valence-corrected chi connectivity index (χ4v) is 4.85. The number of amides is 1. The van der Waals surface area contributed by atoms with E-state index in [9.17, 15) is 18.3 Å². The number of ether oxygens (including phenoxy) is 1. The molecule has 1 heterocycles. The predicted molar refractivity (Wildman–Crippen MR) is 122 cm³/mol. The van der Waals surface area contributed by atoms with E-state index in [1.807, 2.05) is 29.6 Å². The summed E-state index contributed by atoms with van der Waals surface area (Å²) in [6.45, 7) is 1.43. The standard InChI is InChI=1S/C22H22N2O5S2/c1-15(25)14-31(27,28)19-10-3-16(4-11-19)5-12-21(26)24-22-23-20(13-30-22)17-6-8-18(29-2)9-7-17/h3-13,15,25H,14H2,1-2H3,(H,23,24,26)/b12-5+. The van der Waals surface area contributed by atoms with Gasteiger partial charge in [-0.25, -0.2) is 13.4 Å². The van der Waals surface area contributed by atoms with Crippen LogP contribution in [0.1, 0.15) is 12.5 Å². The fourth-order valence-electron chi connectivity index (χ4n) is 2.74. The van der Waals surface area contributed by atoms with Gasteiger partial charge >= 0.3 is 0 Å². The molecule has 0 aliphatic carbocycles. The van der Waals surface area contributed by atoms with Crippen LogP contribution < -0.4 is 10.1 Å². The molecule has 0 spiro atoms. The van der Waals surface area contributed by atoms with Gasteiger partial charge in [-0.2, -0.15) is 0 Å². The fraction of sp³-hybridized carbons (Fsp3) is 0.182. The number of hydrogen-bond acceptors (Lipinski definition) is 7. The molecule has 1 atom stereocenters. The number of aliphatic hydroxyl groups excluding tert-OH is 1. The summed E-state index contributed by atoms with van der Waals surface area (Å²) in [6, 6.07) is 13.6. The van der Waals surface area contributed by atoms with Crippen LogP contribution in [-0.4, -0.2) is 43.4 Å². The van der Waals surface area contributed by atoms with E-state index < -0.39 is 15.9 Å². The van der Waals surface area contributed by atoms with Crippen LogP contribution in [0, 0.1) is 0 Å². The van der Waals surface area contributed by atoms with Gasteiger partial charge in [-0.05, 0) is 55.0 Å². The van der Waals surface area contributed by atoms with Gasteiger partial charge in [0.2, 0.25) is 5.91 Å². The van der Waals surface area contributed by atoms with Crippen LogP contribution in [0.3, 0.4) is 0 Å². The Morgan fingerprint density at radius 3 is 2.48 bits per heavy atom. The van der Waals surface area contributed by atoms with Crippen molar-refractivity contribution in [3.63, 3.8) is 0 Å². The highest BCUT2D eigenvalue weighted by Gasteiger charge is 2.16. The van der Waals surface area contributed by atoms with Crippen molar-refractivity contribution < 1.29 is 23.1 Å². The summed E-state index contributed by atoms with van der Waals surface area (Å²) in [7, 11) is -1.94. The van der Waals surface area contributed by atoms with Crippen molar-refractivity contribution in [1.29, 1.82) is 0 Å².